The van der Waals surface area contributed by atoms with Gasteiger partial charge in [-0.3, -0.25) is 4.79 Å². The number of hydrogen-bond acceptors (Lipinski definition) is 4. The van der Waals surface area contributed by atoms with Crippen LogP contribution >= 0.6 is 0 Å². The van der Waals surface area contributed by atoms with E-state index in [0.717, 1.165) is 38.5 Å². The minimum Gasteiger partial charge on any atom is -0.465 e. The first-order chi connectivity index (χ1) is 10.7. The number of carbonyl (C=O) groups is 2. The van der Waals surface area contributed by atoms with Crippen LogP contribution in [0.1, 0.15) is 44.9 Å². The second kappa shape index (κ2) is 10.8. The number of ether oxygens (including phenoxy) is 2. The Balaban J connectivity index is 2.49. The first-order valence-electron chi connectivity index (χ1n) is 7.96. The van der Waals surface area contributed by atoms with Gasteiger partial charge < -0.3 is 9.47 Å². The predicted molar refractivity (Wildman–Crippen MR) is 86.2 cm³/mol. The molecule has 0 aromatic carbocycles. The zero-order chi connectivity index (χ0) is 16.2. The van der Waals surface area contributed by atoms with Gasteiger partial charge in [0.1, 0.15) is 0 Å². The summed E-state index contributed by atoms with van der Waals surface area (Å²) in [5.41, 5.74) is 0.457. The summed E-state index contributed by atoms with van der Waals surface area (Å²) in [6.07, 6.45) is 10.9. The van der Waals surface area contributed by atoms with Crippen LogP contribution in [-0.2, 0) is 19.1 Å². The molecule has 1 unspecified atom stereocenters. The summed E-state index contributed by atoms with van der Waals surface area (Å²) in [6, 6.07) is 0. The first kappa shape index (κ1) is 18.2. The van der Waals surface area contributed by atoms with Crippen molar-refractivity contribution >= 4 is 11.9 Å². The molecule has 0 amide bonds. The second-order valence-corrected chi connectivity index (χ2v) is 5.31. The maximum Gasteiger partial charge on any atom is 0.334 e. The topological polar surface area (TPSA) is 52.6 Å². The van der Waals surface area contributed by atoms with Gasteiger partial charge in [-0.2, -0.15) is 0 Å². The van der Waals surface area contributed by atoms with Gasteiger partial charge in [0, 0.05) is 5.57 Å². The molecular weight excluding hydrogens is 280 g/mol. The molecule has 0 saturated heterocycles. The Morgan fingerprint density at radius 2 is 1.77 bits per heavy atom. The van der Waals surface area contributed by atoms with Gasteiger partial charge in [0.25, 0.3) is 0 Å². The van der Waals surface area contributed by atoms with E-state index in [9.17, 15) is 9.59 Å². The molecule has 0 aromatic heterocycles. The van der Waals surface area contributed by atoms with E-state index in [1.165, 1.54) is 0 Å². The molecule has 0 aromatic rings. The minimum absolute atomic E-state index is 0.321. The Hall–Kier alpha value is -1.84. The highest BCUT2D eigenvalue weighted by Crippen LogP contribution is 2.27. The van der Waals surface area contributed by atoms with Gasteiger partial charge in [-0.05, 0) is 44.9 Å². The molecule has 0 heterocycles. The van der Waals surface area contributed by atoms with Gasteiger partial charge in [-0.1, -0.05) is 18.2 Å². The summed E-state index contributed by atoms with van der Waals surface area (Å²) in [6.45, 7) is 7.97. The molecule has 0 fully saturated rings. The average Bonchev–Trinajstić information content (AvgIpc) is 2.55. The van der Waals surface area contributed by atoms with Crippen LogP contribution in [0, 0.1) is 5.92 Å². The largest absolute Gasteiger partial charge is 0.465 e. The highest BCUT2D eigenvalue weighted by Gasteiger charge is 2.31. The smallest absolute Gasteiger partial charge is 0.334 e. The molecule has 122 valence electrons. The zero-order valence-electron chi connectivity index (χ0n) is 13.2. The van der Waals surface area contributed by atoms with Crippen molar-refractivity contribution in [2.45, 2.75) is 44.9 Å². The van der Waals surface area contributed by atoms with Gasteiger partial charge in [-0.15, -0.1) is 13.2 Å². The van der Waals surface area contributed by atoms with Crippen molar-refractivity contribution in [3.8, 4) is 0 Å². The number of esters is 2. The fraction of sp³-hybridized carbons (Fsp3) is 0.556. The van der Waals surface area contributed by atoms with Crippen LogP contribution in [0.15, 0.2) is 37.0 Å². The van der Waals surface area contributed by atoms with Gasteiger partial charge in [-0.25, -0.2) is 4.79 Å². The Morgan fingerprint density at radius 1 is 1.14 bits per heavy atom. The average molecular weight is 306 g/mol. The fourth-order valence-corrected chi connectivity index (χ4v) is 2.32. The monoisotopic (exact) mass is 306 g/mol. The van der Waals surface area contributed by atoms with Crippen molar-refractivity contribution in [1.29, 1.82) is 0 Å². The summed E-state index contributed by atoms with van der Waals surface area (Å²) in [7, 11) is 0. The quantitative estimate of drug-likeness (QED) is 0.350. The van der Waals surface area contributed by atoms with Crippen LogP contribution in [0.5, 0.6) is 0 Å². The second-order valence-electron chi connectivity index (χ2n) is 5.31. The molecule has 4 heteroatoms. The van der Waals surface area contributed by atoms with Crippen molar-refractivity contribution in [2.75, 3.05) is 13.2 Å². The van der Waals surface area contributed by atoms with Gasteiger partial charge in [0.05, 0.1) is 19.1 Å². The molecule has 0 bridgehead atoms. The summed E-state index contributed by atoms with van der Waals surface area (Å²) in [5, 5.41) is 0. The molecule has 0 saturated carbocycles. The maximum atomic E-state index is 12.1. The van der Waals surface area contributed by atoms with Crippen LogP contribution in [0.3, 0.4) is 0 Å². The molecule has 22 heavy (non-hydrogen) atoms. The maximum absolute atomic E-state index is 12.1. The lowest BCUT2D eigenvalue weighted by molar-refractivity contribution is -0.151. The van der Waals surface area contributed by atoms with Crippen LogP contribution < -0.4 is 0 Å². The number of allylic oxidation sites excluding steroid dienone is 3. The third-order valence-corrected chi connectivity index (χ3v) is 3.54. The summed E-state index contributed by atoms with van der Waals surface area (Å²) >= 11 is 0. The summed E-state index contributed by atoms with van der Waals surface area (Å²) in [5.74, 6) is -1.20. The number of hydrogen-bond donors (Lipinski definition) is 0. The van der Waals surface area contributed by atoms with Crippen molar-refractivity contribution < 1.29 is 19.1 Å². The Bertz CT molecular complexity index is 423. The van der Waals surface area contributed by atoms with E-state index >= 15 is 0 Å². The van der Waals surface area contributed by atoms with Gasteiger partial charge >= 0.3 is 11.9 Å². The van der Waals surface area contributed by atoms with Crippen molar-refractivity contribution in [1.82, 2.24) is 0 Å². The highest BCUT2D eigenvalue weighted by molar-refractivity contribution is 5.95. The van der Waals surface area contributed by atoms with Crippen LogP contribution in [0.2, 0.25) is 0 Å². The Labute approximate surface area is 132 Å². The van der Waals surface area contributed by atoms with E-state index in [2.05, 4.69) is 13.2 Å². The molecule has 1 aliphatic carbocycles. The lowest BCUT2D eigenvalue weighted by Gasteiger charge is -2.21. The van der Waals surface area contributed by atoms with E-state index in [4.69, 9.17) is 9.47 Å². The van der Waals surface area contributed by atoms with E-state index in [1.54, 1.807) is 12.2 Å². The van der Waals surface area contributed by atoms with Crippen molar-refractivity contribution in [3.63, 3.8) is 0 Å². The third kappa shape index (κ3) is 6.29. The standard InChI is InChI=1S/C18H26O4/c1-3-5-9-13-21-17(19)15-11-7-8-12-16(15)18(20)22-14-10-6-4-2/h3-4,11,16H,1-2,5-10,12-14H2. The lowest BCUT2D eigenvalue weighted by Crippen LogP contribution is -2.27. The molecule has 0 spiro atoms. The number of unbranched alkanes of at least 4 members (excludes halogenated alkanes) is 2. The van der Waals surface area contributed by atoms with E-state index < -0.39 is 11.9 Å². The molecule has 0 N–H and O–H groups in total. The predicted octanol–water partition coefficient (Wildman–Crippen LogP) is 3.73. The van der Waals surface area contributed by atoms with Crippen molar-refractivity contribution in [2.24, 2.45) is 5.92 Å². The van der Waals surface area contributed by atoms with Crippen LogP contribution in [-0.4, -0.2) is 25.2 Å². The van der Waals surface area contributed by atoms with E-state index in [0.29, 0.717) is 25.2 Å². The van der Waals surface area contributed by atoms with Gasteiger partial charge in [0.15, 0.2) is 0 Å². The van der Waals surface area contributed by atoms with Crippen LogP contribution in [0.25, 0.3) is 0 Å². The Morgan fingerprint density at radius 3 is 2.41 bits per heavy atom. The van der Waals surface area contributed by atoms with E-state index in [-0.39, 0.29) is 5.97 Å². The molecule has 1 aliphatic rings. The molecular formula is C18H26O4. The van der Waals surface area contributed by atoms with Crippen LogP contribution in [0.4, 0.5) is 0 Å². The molecule has 4 nitrogen and oxygen atoms in total. The third-order valence-electron chi connectivity index (χ3n) is 3.54. The number of rotatable bonds is 10. The zero-order valence-corrected chi connectivity index (χ0v) is 13.2. The van der Waals surface area contributed by atoms with Crippen molar-refractivity contribution in [3.05, 3.63) is 37.0 Å². The minimum atomic E-state index is -0.482. The Kier molecular flexibility index (Phi) is 8.96. The lowest BCUT2D eigenvalue weighted by atomic mass is 9.87. The fourth-order valence-electron chi connectivity index (χ4n) is 2.32. The first-order valence-corrected chi connectivity index (χ1v) is 7.96. The normalized spacial score (nSPS) is 17.3. The molecule has 0 aliphatic heterocycles. The summed E-state index contributed by atoms with van der Waals surface area (Å²) in [4.78, 5) is 24.3. The SMILES string of the molecule is C=CCCCOC(=O)C1=CCCCC1C(=O)OCCCC=C. The highest BCUT2D eigenvalue weighted by atomic mass is 16.5. The summed E-state index contributed by atoms with van der Waals surface area (Å²) < 4.78 is 10.5. The number of carbonyl (C=O) groups excluding carboxylic acids is 2. The molecule has 0 radical (unpaired) electrons. The van der Waals surface area contributed by atoms with E-state index in [1.807, 2.05) is 6.08 Å². The van der Waals surface area contributed by atoms with Gasteiger partial charge in [0.2, 0.25) is 0 Å². The molecule has 1 atom stereocenters. The molecule has 1 rings (SSSR count).